The first-order valence-corrected chi connectivity index (χ1v) is 4.74. The molecule has 0 aliphatic carbocycles. The summed E-state index contributed by atoms with van der Waals surface area (Å²) in [6, 6.07) is 7.49. The van der Waals surface area contributed by atoms with Crippen molar-refractivity contribution in [2.24, 2.45) is 0 Å². The maximum atomic E-state index is 11.8. The van der Waals surface area contributed by atoms with E-state index in [4.69, 9.17) is 5.11 Å². The van der Waals surface area contributed by atoms with Crippen molar-refractivity contribution in [3.8, 4) is 0 Å². The zero-order chi connectivity index (χ0) is 8.81. The van der Waals surface area contributed by atoms with Crippen LogP contribution in [0.4, 0.5) is 4.39 Å². The molecule has 0 unspecified atom stereocenters. The van der Waals surface area contributed by atoms with E-state index >= 15 is 0 Å². The molecular formula is C9H11FOS. The predicted octanol–water partition coefficient (Wildman–Crippen LogP) is 2.24. The number of aliphatic hydroxyl groups excluding tert-OH is 1. The Labute approximate surface area is 75.6 Å². The van der Waals surface area contributed by atoms with Gasteiger partial charge in [0.2, 0.25) is 0 Å². The minimum Gasteiger partial charge on any atom is -0.392 e. The molecule has 0 saturated heterocycles. The molecule has 1 rings (SSSR count). The number of aliphatic hydroxyl groups is 1. The van der Waals surface area contributed by atoms with E-state index in [-0.39, 0.29) is 13.3 Å². The number of alkyl halides is 1. The van der Waals surface area contributed by atoms with Crippen molar-refractivity contribution in [1.29, 1.82) is 0 Å². The summed E-state index contributed by atoms with van der Waals surface area (Å²) in [5.74, 6) is 0.498. The van der Waals surface area contributed by atoms with Gasteiger partial charge in [0.25, 0.3) is 0 Å². The highest BCUT2D eigenvalue weighted by molar-refractivity contribution is 7.99. The van der Waals surface area contributed by atoms with Crippen LogP contribution in [0.25, 0.3) is 0 Å². The second-order valence-corrected chi connectivity index (χ2v) is 3.51. The molecule has 0 spiro atoms. The zero-order valence-electron chi connectivity index (χ0n) is 6.66. The van der Waals surface area contributed by atoms with Crippen molar-refractivity contribution >= 4 is 11.8 Å². The number of hydrogen-bond acceptors (Lipinski definition) is 2. The fraction of sp³-hybridized carbons (Fsp3) is 0.333. The third kappa shape index (κ3) is 2.83. The van der Waals surface area contributed by atoms with Crippen LogP contribution in [0.3, 0.4) is 0 Å². The van der Waals surface area contributed by atoms with Crippen molar-refractivity contribution < 1.29 is 9.50 Å². The van der Waals surface area contributed by atoms with E-state index in [0.717, 1.165) is 10.5 Å². The summed E-state index contributed by atoms with van der Waals surface area (Å²) >= 11 is 1.48. The summed E-state index contributed by atoms with van der Waals surface area (Å²) in [5.41, 5.74) is 0.889. The third-order valence-electron chi connectivity index (χ3n) is 1.45. The van der Waals surface area contributed by atoms with Crippen LogP contribution in [0.2, 0.25) is 0 Å². The van der Waals surface area contributed by atoms with Gasteiger partial charge in [-0.1, -0.05) is 12.1 Å². The highest BCUT2D eigenvalue weighted by Crippen LogP contribution is 2.17. The first-order chi connectivity index (χ1) is 5.86. The van der Waals surface area contributed by atoms with Gasteiger partial charge >= 0.3 is 0 Å². The molecule has 0 atom stereocenters. The second-order valence-electron chi connectivity index (χ2n) is 2.34. The second kappa shape index (κ2) is 5.17. The average Bonchev–Trinajstić information content (AvgIpc) is 2.15. The molecule has 0 aliphatic rings. The Hall–Kier alpha value is -0.540. The van der Waals surface area contributed by atoms with Crippen LogP contribution in [0.5, 0.6) is 0 Å². The van der Waals surface area contributed by atoms with Crippen LogP contribution in [-0.4, -0.2) is 17.5 Å². The first kappa shape index (κ1) is 9.55. The molecule has 12 heavy (non-hydrogen) atoms. The summed E-state index contributed by atoms with van der Waals surface area (Å²) in [6.45, 7) is -0.236. The molecule has 66 valence electrons. The summed E-state index contributed by atoms with van der Waals surface area (Å²) in [7, 11) is 0. The quantitative estimate of drug-likeness (QED) is 0.728. The standard InChI is InChI=1S/C9H11FOS/c10-5-6-12-9-3-1-8(7-11)2-4-9/h1-4,11H,5-7H2. The Bertz CT molecular complexity index is 222. The Balaban J connectivity index is 2.53. The number of benzene rings is 1. The Morgan fingerprint density at radius 3 is 2.42 bits per heavy atom. The van der Waals surface area contributed by atoms with Gasteiger partial charge < -0.3 is 5.11 Å². The molecule has 0 amide bonds. The van der Waals surface area contributed by atoms with Crippen molar-refractivity contribution in [1.82, 2.24) is 0 Å². The van der Waals surface area contributed by atoms with Gasteiger partial charge in [-0.2, -0.15) is 0 Å². The minimum atomic E-state index is -0.299. The fourth-order valence-electron chi connectivity index (χ4n) is 0.848. The lowest BCUT2D eigenvalue weighted by molar-refractivity contribution is 0.282. The molecule has 0 aliphatic heterocycles. The van der Waals surface area contributed by atoms with Crippen LogP contribution in [0.1, 0.15) is 5.56 Å². The molecule has 1 nitrogen and oxygen atoms in total. The number of thioether (sulfide) groups is 1. The maximum Gasteiger partial charge on any atom is 0.0988 e. The van der Waals surface area contributed by atoms with Gasteiger partial charge in [-0.3, -0.25) is 4.39 Å². The molecule has 0 aromatic heterocycles. The van der Waals surface area contributed by atoms with E-state index in [9.17, 15) is 4.39 Å². The highest BCUT2D eigenvalue weighted by atomic mass is 32.2. The topological polar surface area (TPSA) is 20.2 Å². The molecule has 1 N–H and O–H groups in total. The van der Waals surface area contributed by atoms with Crippen LogP contribution in [0, 0.1) is 0 Å². The maximum absolute atomic E-state index is 11.8. The molecule has 0 heterocycles. The lowest BCUT2D eigenvalue weighted by Crippen LogP contribution is -1.83. The normalized spacial score (nSPS) is 10.2. The van der Waals surface area contributed by atoms with Crippen LogP contribution < -0.4 is 0 Å². The van der Waals surface area contributed by atoms with E-state index in [2.05, 4.69) is 0 Å². The smallest absolute Gasteiger partial charge is 0.0988 e. The molecule has 0 fully saturated rings. The number of halogens is 1. The van der Waals surface area contributed by atoms with Crippen LogP contribution in [0.15, 0.2) is 29.2 Å². The van der Waals surface area contributed by atoms with Gasteiger partial charge in [-0.25, -0.2) is 0 Å². The molecule has 0 radical (unpaired) electrons. The Morgan fingerprint density at radius 1 is 1.25 bits per heavy atom. The minimum absolute atomic E-state index is 0.0635. The van der Waals surface area contributed by atoms with Crippen LogP contribution in [-0.2, 0) is 6.61 Å². The fourth-order valence-corrected chi connectivity index (χ4v) is 1.49. The van der Waals surface area contributed by atoms with Crippen LogP contribution >= 0.6 is 11.8 Å². The first-order valence-electron chi connectivity index (χ1n) is 3.75. The Kier molecular flexibility index (Phi) is 4.11. The average molecular weight is 186 g/mol. The lowest BCUT2D eigenvalue weighted by atomic mass is 10.2. The lowest BCUT2D eigenvalue weighted by Gasteiger charge is -1.99. The highest BCUT2D eigenvalue weighted by Gasteiger charge is 1.93. The Morgan fingerprint density at radius 2 is 1.92 bits per heavy atom. The third-order valence-corrected chi connectivity index (χ3v) is 2.42. The van der Waals surface area contributed by atoms with E-state index < -0.39 is 0 Å². The molecule has 1 aromatic rings. The van der Waals surface area contributed by atoms with Crippen molar-refractivity contribution in [3.63, 3.8) is 0 Å². The van der Waals surface area contributed by atoms with Gasteiger partial charge in [-0.15, -0.1) is 11.8 Å². The van der Waals surface area contributed by atoms with Gasteiger partial charge in [0, 0.05) is 10.6 Å². The van der Waals surface area contributed by atoms with E-state index in [1.54, 1.807) is 0 Å². The SMILES string of the molecule is OCc1ccc(SCCF)cc1. The largest absolute Gasteiger partial charge is 0.392 e. The van der Waals surface area contributed by atoms with Crippen molar-refractivity contribution in [2.45, 2.75) is 11.5 Å². The van der Waals surface area contributed by atoms with Gasteiger partial charge in [-0.05, 0) is 17.7 Å². The number of hydrogen-bond donors (Lipinski definition) is 1. The van der Waals surface area contributed by atoms with Crippen molar-refractivity contribution in [3.05, 3.63) is 29.8 Å². The van der Waals surface area contributed by atoms with Gasteiger partial charge in [0.05, 0.1) is 13.3 Å². The van der Waals surface area contributed by atoms with E-state index in [0.29, 0.717) is 5.75 Å². The predicted molar refractivity (Wildman–Crippen MR) is 49.1 cm³/mol. The molecule has 0 saturated carbocycles. The summed E-state index contributed by atoms with van der Waals surface area (Å²) in [5, 5.41) is 8.74. The summed E-state index contributed by atoms with van der Waals surface area (Å²) < 4.78 is 11.8. The zero-order valence-corrected chi connectivity index (χ0v) is 7.48. The summed E-state index contributed by atoms with van der Waals surface area (Å²) in [6.07, 6.45) is 0. The van der Waals surface area contributed by atoms with Gasteiger partial charge in [0.15, 0.2) is 0 Å². The van der Waals surface area contributed by atoms with E-state index in [1.807, 2.05) is 24.3 Å². The van der Waals surface area contributed by atoms with E-state index in [1.165, 1.54) is 11.8 Å². The molecular weight excluding hydrogens is 175 g/mol. The molecule has 0 bridgehead atoms. The molecule has 1 aromatic carbocycles. The number of rotatable bonds is 4. The molecule has 3 heteroatoms. The van der Waals surface area contributed by atoms with Gasteiger partial charge in [0.1, 0.15) is 0 Å². The summed E-state index contributed by atoms with van der Waals surface area (Å²) in [4.78, 5) is 1.05. The monoisotopic (exact) mass is 186 g/mol. The van der Waals surface area contributed by atoms with Crippen molar-refractivity contribution in [2.75, 3.05) is 12.4 Å².